The Hall–Kier alpha value is -2.76. The van der Waals surface area contributed by atoms with Gasteiger partial charge in [-0.3, -0.25) is 9.69 Å². The van der Waals surface area contributed by atoms with Gasteiger partial charge in [-0.1, -0.05) is 54.6 Å². The van der Waals surface area contributed by atoms with Gasteiger partial charge in [-0.25, -0.2) is 4.98 Å². The number of benzene rings is 2. The van der Waals surface area contributed by atoms with Crippen LogP contribution in [0.2, 0.25) is 0 Å². The minimum absolute atomic E-state index is 0.0337. The fraction of sp³-hybridized carbons (Fsp3) is 0.280. The first-order valence-electron chi connectivity index (χ1n) is 10.6. The van der Waals surface area contributed by atoms with E-state index >= 15 is 0 Å². The summed E-state index contributed by atoms with van der Waals surface area (Å²) in [5.41, 5.74) is 5.38. The molecule has 4 aromatic rings. The Kier molecular flexibility index (Phi) is 4.32. The van der Waals surface area contributed by atoms with Gasteiger partial charge in [0, 0.05) is 23.9 Å². The Morgan fingerprint density at radius 3 is 2.80 bits per heavy atom. The summed E-state index contributed by atoms with van der Waals surface area (Å²) < 4.78 is 0. The van der Waals surface area contributed by atoms with Gasteiger partial charge in [0.05, 0.1) is 11.9 Å². The average molecular weight is 414 g/mol. The number of aromatic amines is 1. The molecule has 30 heavy (non-hydrogen) atoms. The van der Waals surface area contributed by atoms with Crippen LogP contribution in [0.3, 0.4) is 0 Å². The lowest BCUT2D eigenvalue weighted by molar-refractivity contribution is 0.226. The van der Waals surface area contributed by atoms with E-state index in [0.29, 0.717) is 12.5 Å². The monoisotopic (exact) mass is 413 g/mol. The summed E-state index contributed by atoms with van der Waals surface area (Å²) in [7, 11) is 0. The molecule has 1 unspecified atom stereocenters. The van der Waals surface area contributed by atoms with Crippen molar-refractivity contribution in [2.24, 2.45) is 0 Å². The number of fused-ring (bicyclic) bond motifs is 4. The SMILES string of the molecule is O=c1[nH]c(CN2Cc3ccccc3C(c3ccccc3)C2)nc2sc3c(c12)CCC3. The zero-order valence-corrected chi connectivity index (χ0v) is 17.5. The Balaban J connectivity index is 1.34. The number of thiophene rings is 1. The molecular formula is C25H23N3OS. The summed E-state index contributed by atoms with van der Waals surface area (Å²) in [5.74, 6) is 1.11. The van der Waals surface area contributed by atoms with E-state index in [0.717, 1.165) is 48.4 Å². The third-order valence-corrected chi connectivity index (χ3v) is 7.65. The highest BCUT2D eigenvalue weighted by atomic mass is 32.1. The van der Waals surface area contributed by atoms with Crippen LogP contribution in [0, 0.1) is 0 Å². The van der Waals surface area contributed by atoms with Crippen molar-refractivity contribution in [3.05, 3.63) is 97.9 Å². The second-order valence-electron chi connectivity index (χ2n) is 8.38. The molecule has 2 aromatic carbocycles. The minimum atomic E-state index is 0.0337. The molecule has 1 aliphatic heterocycles. The van der Waals surface area contributed by atoms with Crippen molar-refractivity contribution in [3.8, 4) is 0 Å². The quantitative estimate of drug-likeness (QED) is 0.533. The Morgan fingerprint density at radius 2 is 1.90 bits per heavy atom. The van der Waals surface area contributed by atoms with Gasteiger partial charge in [-0.15, -0.1) is 11.3 Å². The van der Waals surface area contributed by atoms with E-state index in [9.17, 15) is 4.79 Å². The largest absolute Gasteiger partial charge is 0.309 e. The number of rotatable bonds is 3. The zero-order valence-electron chi connectivity index (χ0n) is 16.7. The maximum Gasteiger partial charge on any atom is 0.259 e. The molecule has 0 amide bonds. The Labute approximate surface area is 179 Å². The number of hydrogen-bond acceptors (Lipinski definition) is 4. The van der Waals surface area contributed by atoms with Gasteiger partial charge in [0.25, 0.3) is 5.56 Å². The molecule has 0 saturated carbocycles. The third-order valence-electron chi connectivity index (χ3n) is 6.46. The molecule has 0 spiro atoms. The molecule has 1 atom stereocenters. The van der Waals surface area contributed by atoms with Crippen molar-refractivity contribution in [2.45, 2.75) is 38.3 Å². The van der Waals surface area contributed by atoms with Crippen LogP contribution in [0.5, 0.6) is 0 Å². The topological polar surface area (TPSA) is 49.0 Å². The van der Waals surface area contributed by atoms with Crippen molar-refractivity contribution in [2.75, 3.05) is 6.54 Å². The van der Waals surface area contributed by atoms with Gasteiger partial charge in [0.2, 0.25) is 0 Å². The van der Waals surface area contributed by atoms with Crippen LogP contribution >= 0.6 is 11.3 Å². The van der Waals surface area contributed by atoms with E-state index in [1.165, 1.54) is 27.1 Å². The first-order valence-corrected chi connectivity index (χ1v) is 11.5. The zero-order chi connectivity index (χ0) is 20.1. The van der Waals surface area contributed by atoms with Crippen molar-refractivity contribution in [1.82, 2.24) is 14.9 Å². The molecule has 2 aromatic heterocycles. The van der Waals surface area contributed by atoms with Crippen LogP contribution < -0.4 is 5.56 Å². The minimum Gasteiger partial charge on any atom is -0.309 e. The predicted octanol–water partition coefficient (Wildman–Crippen LogP) is 4.62. The van der Waals surface area contributed by atoms with E-state index in [2.05, 4.69) is 64.5 Å². The van der Waals surface area contributed by atoms with E-state index in [4.69, 9.17) is 4.98 Å². The molecule has 5 heteroatoms. The molecule has 1 N–H and O–H groups in total. The van der Waals surface area contributed by atoms with Crippen LogP contribution in [0.4, 0.5) is 0 Å². The smallest absolute Gasteiger partial charge is 0.259 e. The van der Waals surface area contributed by atoms with Gasteiger partial charge < -0.3 is 4.98 Å². The molecule has 2 aliphatic rings. The summed E-state index contributed by atoms with van der Waals surface area (Å²) in [6, 6.07) is 19.4. The van der Waals surface area contributed by atoms with Gasteiger partial charge in [-0.2, -0.15) is 0 Å². The van der Waals surface area contributed by atoms with Crippen molar-refractivity contribution < 1.29 is 0 Å². The Morgan fingerprint density at radius 1 is 1.07 bits per heavy atom. The molecule has 4 nitrogen and oxygen atoms in total. The van der Waals surface area contributed by atoms with E-state index in [1.54, 1.807) is 11.3 Å². The normalized spacial score (nSPS) is 18.5. The molecule has 0 radical (unpaired) electrons. The number of aromatic nitrogens is 2. The van der Waals surface area contributed by atoms with Crippen LogP contribution in [0.25, 0.3) is 10.2 Å². The predicted molar refractivity (Wildman–Crippen MR) is 121 cm³/mol. The standard InChI is InChI=1S/C25H23N3OS/c29-24-23-19-11-6-12-21(19)30-25(23)27-22(26-24)15-28-13-17-9-4-5-10-18(17)20(14-28)16-7-2-1-3-8-16/h1-5,7-10,20H,6,11-15H2,(H,26,27,29). The van der Waals surface area contributed by atoms with Crippen molar-refractivity contribution >= 4 is 21.6 Å². The highest BCUT2D eigenvalue weighted by Gasteiger charge is 2.27. The summed E-state index contributed by atoms with van der Waals surface area (Å²) in [6.45, 7) is 2.46. The van der Waals surface area contributed by atoms with Gasteiger partial charge in [-0.05, 0) is 41.5 Å². The molecule has 0 saturated heterocycles. The van der Waals surface area contributed by atoms with E-state index in [1.807, 2.05) is 0 Å². The number of hydrogen-bond donors (Lipinski definition) is 1. The molecule has 150 valence electrons. The molecule has 0 fully saturated rings. The lowest BCUT2D eigenvalue weighted by atomic mass is 9.84. The van der Waals surface area contributed by atoms with Crippen molar-refractivity contribution in [1.29, 1.82) is 0 Å². The number of nitrogens with one attached hydrogen (secondary N) is 1. The lowest BCUT2D eigenvalue weighted by Gasteiger charge is -2.34. The molecule has 1 aliphatic carbocycles. The van der Waals surface area contributed by atoms with Crippen molar-refractivity contribution in [3.63, 3.8) is 0 Å². The first-order chi connectivity index (χ1) is 14.8. The third kappa shape index (κ3) is 3.01. The van der Waals surface area contributed by atoms with Gasteiger partial charge in [0.1, 0.15) is 10.7 Å². The highest BCUT2D eigenvalue weighted by Crippen LogP contribution is 2.36. The van der Waals surface area contributed by atoms with Gasteiger partial charge >= 0.3 is 0 Å². The molecular weight excluding hydrogens is 390 g/mol. The average Bonchev–Trinajstić information content (AvgIpc) is 3.35. The lowest BCUT2D eigenvalue weighted by Crippen LogP contribution is -2.34. The van der Waals surface area contributed by atoms with Crippen LogP contribution in [0.1, 0.15) is 45.3 Å². The molecule has 0 bridgehead atoms. The number of aryl methyl sites for hydroxylation is 2. The molecule has 3 heterocycles. The maximum absolute atomic E-state index is 12.8. The number of nitrogens with zero attached hydrogens (tertiary/aromatic N) is 2. The van der Waals surface area contributed by atoms with Crippen LogP contribution in [-0.2, 0) is 25.9 Å². The second-order valence-corrected chi connectivity index (χ2v) is 9.47. The van der Waals surface area contributed by atoms with Crippen LogP contribution in [0.15, 0.2) is 59.4 Å². The van der Waals surface area contributed by atoms with Gasteiger partial charge in [0.15, 0.2) is 0 Å². The fourth-order valence-corrected chi connectivity index (χ4v) is 6.39. The van der Waals surface area contributed by atoms with E-state index in [-0.39, 0.29) is 5.56 Å². The maximum atomic E-state index is 12.8. The van der Waals surface area contributed by atoms with Crippen LogP contribution in [-0.4, -0.2) is 21.4 Å². The summed E-state index contributed by atoms with van der Waals surface area (Å²) in [6.07, 6.45) is 3.26. The fourth-order valence-electron chi connectivity index (χ4n) is 5.10. The van der Waals surface area contributed by atoms with E-state index < -0.39 is 0 Å². The summed E-state index contributed by atoms with van der Waals surface area (Å²) >= 11 is 1.71. The highest BCUT2D eigenvalue weighted by molar-refractivity contribution is 7.18. The second kappa shape index (κ2) is 7.18. The Bertz CT molecular complexity index is 1290. The molecule has 6 rings (SSSR count). The summed E-state index contributed by atoms with van der Waals surface area (Å²) in [5, 5.41) is 0.836. The summed E-state index contributed by atoms with van der Waals surface area (Å²) in [4.78, 5) is 25.5. The number of H-pyrrole nitrogens is 1. The first kappa shape index (κ1) is 18.0.